The van der Waals surface area contributed by atoms with Crippen molar-refractivity contribution in [1.29, 1.82) is 0 Å². The maximum atomic E-state index is 11.5. The lowest BCUT2D eigenvalue weighted by molar-refractivity contribution is -0.153. The molecule has 0 saturated heterocycles. The molecular formula is C17H30O6. The summed E-state index contributed by atoms with van der Waals surface area (Å²) in [6, 6.07) is 0. The van der Waals surface area contributed by atoms with Crippen molar-refractivity contribution in [2.45, 2.75) is 84.8 Å². The van der Waals surface area contributed by atoms with Crippen molar-refractivity contribution < 1.29 is 28.6 Å². The summed E-state index contributed by atoms with van der Waals surface area (Å²) in [5.41, 5.74) is 0. The van der Waals surface area contributed by atoms with Crippen LogP contribution in [0, 0.1) is 0 Å². The van der Waals surface area contributed by atoms with Gasteiger partial charge < -0.3 is 14.2 Å². The van der Waals surface area contributed by atoms with Crippen molar-refractivity contribution in [2.24, 2.45) is 0 Å². The molecule has 0 aliphatic heterocycles. The first-order valence-corrected chi connectivity index (χ1v) is 8.47. The molecule has 6 nitrogen and oxygen atoms in total. The van der Waals surface area contributed by atoms with Crippen LogP contribution >= 0.6 is 0 Å². The van der Waals surface area contributed by atoms with Crippen molar-refractivity contribution >= 4 is 17.9 Å². The fourth-order valence-corrected chi connectivity index (χ4v) is 1.92. The summed E-state index contributed by atoms with van der Waals surface area (Å²) in [6.45, 7) is 7.39. The Morgan fingerprint density at radius 1 is 0.783 bits per heavy atom. The molecule has 2 unspecified atom stereocenters. The summed E-state index contributed by atoms with van der Waals surface area (Å²) in [7, 11) is 0. The molecule has 0 N–H and O–H groups in total. The van der Waals surface area contributed by atoms with Crippen LogP contribution in [0.25, 0.3) is 0 Å². The van der Waals surface area contributed by atoms with Gasteiger partial charge in [0.1, 0.15) is 6.10 Å². The van der Waals surface area contributed by atoms with Crippen molar-refractivity contribution in [3.05, 3.63) is 0 Å². The van der Waals surface area contributed by atoms with Gasteiger partial charge in [-0.05, 0) is 32.6 Å². The first kappa shape index (κ1) is 21.4. The van der Waals surface area contributed by atoms with Crippen LogP contribution in [0.2, 0.25) is 0 Å². The average molecular weight is 330 g/mol. The molecule has 0 fully saturated rings. The summed E-state index contributed by atoms with van der Waals surface area (Å²) < 4.78 is 15.6. The minimum atomic E-state index is -0.251. The third-order valence-corrected chi connectivity index (χ3v) is 3.33. The molecule has 2 atom stereocenters. The van der Waals surface area contributed by atoms with Crippen LogP contribution in [0.5, 0.6) is 0 Å². The van der Waals surface area contributed by atoms with Crippen LogP contribution in [0.3, 0.4) is 0 Å². The van der Waals surface area contributed by atoms with E-state index < -0.39 is 0 Å². The topological polar surface area (TPSA) is 78.9 Å². The minimum Gasteiger partial charge on any atom is -0.466 e. The van der Waals surface area contributed by atoms with Gasteiger partial charge in [-0.15, -0.1) is 0 Å². The summed E-state index contributed by atoms with van der Waals surface area (Å²) in [6.07, 6.45) is 3.08. The van der Waals surface area contributed by atoms with Gasteiger partial charge in [0.2, 0.25) is 0 Å². The normalized spacial score (nSPS) is 13.0. The van der Waals surface area contributed by atoms with E-state index in [1.54, 1.807) is 20.8 Å². The van der Waals surface area contributed by atoms with Crippen LogP contribution < -0.4 is 0 Å². The van der Waals surface area contributed by atoms with Gasteiger partial charge >= 0.3 is 17.9 Å². The van der Waals surface area contributed by atoms with Gasteiger partial charge in [-0.1, -0.05) is 20.8 Å². The predicted octanol–water partition coefficient (Wildman–Crippen LogP) is 3.16. The summed E-state index contributed by atoms with van der Waals surface area (Å²) in [5.74, 6) is -0.711. The lowest BCUT2D eigenvalue weighted by Crippen LogP contribution is -2.22. The largest absolute Gasteiger partial charge is 0.466 e. The Morgan fingerprint density at radius 3 is 1.91 bits per heavy atom. The van der Waals surface area contributed by atoms with Crippen LogP contribution in [-0.4, -0.2) is 36.7 Å². The lowest BCUT2D eigenvalue weighted by atomic mass is 10.1. The average Bonchev–Trinajstić information content (AvgIpc) is 2.55. The molecule has 0 aromatic rings. The first-order valence-electron chi connectivity index (χ1n) is 8.47. The standard InChI is InChI=1S/C17H30O6/c1-5-15(18)21-12-8-9-14(23-17(20)7-3)11-10-13(4)22-16(19)6-2/h13-14H,5-12H2,1-4H3. The highest BCUT2D eigenvalue weighted by molar-refractivity contribution is 5.69. The third kappa shape index (κ3) is 11.6. The van der Waals surface area contributed by atoms with Crippen LogP contribution in [-0.2, 0) is 28.6 Å². The molecule has 0 saturated carbocycles. The number of ether oxygens (including phenoxy) is 3. The maximum Gasteiger partial charge on any atom is 0.305 e. The number of carbonyl (C=O) groups is 3. The molecule has 0 heterocycles. The molecule has 0 radical (unpaired) electrons. The Hall–Kier alpha value is -1.59. The van der Waals surface area contributed by atoms with Gasteiger partial charge in [0.05, 0.1) is 12.7 Å². The molecule has 0 aliphatic carbocycles. The number of esters is 3. The zero-order valence-corrected chi connectivity index (χ0v) is 14.8. The molecule has 0 spiro atoms. The second kappa shape index (κ2) is 12.9. The van der Waals surface area contributed by atoms with E-state index in [0.717, 1.165) is 0 Å². The Bertz CT molecular complexity index is 366. The van der Waals surface area contributed by atoms with Gasteiger partial charge in [0, 0.05) is 19.3 Å². The molecule has 6 heteroatoms. The number of carbonyl (C=O) groups excluding carboxylic acids is 3. The molecule has 0 aliphatic rings. The fourth-order valence-electron chi connectivity index (χ4n) is 1.92. The van der Waals surface area contributed by atoms with E-state index in [1.807, 2.05) is 6.92 Å². The van der Waals surface area contributed by atoms with Crippen molar-refractivity contribution in [1.82, 2.24) is 0 Å². The molecule has 0 aromatic heterocycles. The molecule has 0 aromatic carbocycles. The van der Waals surface area contributed by atoms with Gasteiger partial charge in [-0.25, -0.2) is 0 Å². The Balaban J connectivity index is 4.20. The van der Waals surface area contributed by atoms with E-state index in [4.69, 9.17) is 14.2 Å². The predicted molar refractivity (Wildman–Crippen MR) is 85.7 cm³/mol. The number of hydrogen-bond donors (Lipinski definition) is 0. The monoisotopic (exact) mass is 330 g/mol. The van der Waals surface area contributed by atoms with Crippen molar-refractivity contribution in [2.75, 3.05) is 6.61 Å². The van der Waals surface area contributed by atoms with E-state index in [0.29, 0.717) is 51.6 Å². The van der Waals surface area contributed by atoms with Gasteiger partial charge in [-0.3, -0.25) is 14.4 Å². The van der Waals surface area contributed by atoms with Crippen molar-refractivity contribution in [3.8, 4) is 0 Å². The minimum absolute atomic E-state index is 0.205. The lowest BCUT2D eigenvalue weighted by Gasteiger charge is -2.20. The molecule has 0 bridgehead atoms. The van der Waals surface area contributed by atoms with Crippen molar-refractivity contribution in [3.63, 3.8) is 0 Å². The maximum absolute atomic E-state index is 11.5. The highest BCUT2D eigenvalue weighted by Gasteiger charge is 2.16. The van der Waals surface area contributed by atoms with E-state index in [-0.39, 0.29) is 30.1 Å². The third-order valence-electron chi connectivity index (χ3n) is 3.33. The van der Waals surface area contributed by atoms with E-state index in [2.05, 4.69) is 0 Å². The van der Waals surface area contributed by atoms with Gasteiger partial charge in [0.25, 0.3) is 0 Å². The van der Waals surface area contributed by atoms with Crippen LogP contribution in [0.1, 0.15) is 72.6 Å². The Morgan fingerprint density at radius 2 is 1.35 bits per heavy atom. The van der Waals surface area contributed by atoms with Gasteiger partial charge in [-0.2, -0.15) is 0 Å². The molecule has 23 heavy (non-hydrogen) atoms. The fraction of sp³-hybridized carbons (Fsp3) is 0.824. The molecular weight excluding hydrogens is 300 g/mol. The highest BCUT2D eigenvalue weighted by Crippen LogP contribution is 2.14. The van der Waals surface area contributed by atoms with Crippen LogP contribution in [0.4, 0.5) is 0 Å². The van der Waals surface area contributed by atoms with Crippen LogP contribution in [0.15, 0.2) is 0 Å². The van der Waals surface area contributed by atoms with Gasteiger partial charge in [0.15, 0.2) is 0 Å². The zero-order chi connectivity index (χ0) is 17.7. The number of hydrogen-bond acceptors (Lipinski definition) is 6. The van der Waals surface area contributed by atoms with E-state index in [1.165, 1.54) is 0 Å². The molecule has 0 rings (SSSR count). The zero-order valence-electron chi connectivity index (χ0n) is 14.8. The highest BCUT2D eigenvalue weighted by atomic mass is 16.6. The summed E-state index contributed by atoms with van der Waals surface area (Å²) >= 11 is 0. The SMILES string of the molecule is CCC(=O)OCCCC(CCC(C)OC(=O)CC)OC(=O)CC. The van der Waals surface area contributed by atoms with E-state index >= 15 is 0 Å². The Kier molecular flexibility index (Phi) is 12.0. The summed E-state index contributed by atoms with van der Waals surface area (Å²) in [5, 5.41) is 0. The molecule has 134 valence electrons. The summed E-state index contributed by atoms with van der Waals surface area (Å²) in [4.78, 5) is 33.8. The number of rotatable bonds is 12. The first-order chi connectivity index (χ1) is 10.9. The Labute approximate surface area is 138 Å². The molecule has 0 amide bonds. The quantitative estimate of drug-likeness (QED) is 0.311. The van der Waals surface area contributed by atoms with E-state index in [9.17, 15) is 14.4 Å². The second-order valence-corrected chi connectivity index (χ2v) is 5.41. The second-order valence-electron chi connectivity index (χ2n) is 5.41. The smallest absolute Gasteiger partial charge is 0.305 e.